The Labute approximate surface area is 178 Å². The van der Waals surface area contributed by atoms with E-state index < -0.39 is 18.0 Å². The summed E-state index contributed by atoms with van der Waals surface area (Å²) in [6, 6.07) is 11.4. The third-order valence-electron chi connectivity index (χ3n) is 4.11. The number of nitrogens with zero attached hydrogens (tertiary/aromatic N) is 1. The Hall–Kier alpha value is -2.91. The molecule has 0 fully saturated rings. The molecule has 0 radical (unpaired) electrons. The molecule has 0 saturated carbocycles. The van der Waals surface area contributed by atoms with Crippen molar-refractivity contribution in [2.75, 3.05) is 5.32 Å². The second-order valence-corrected chi connectivity index (χ2v) is 7.85. The van der Waals surface area contributed by atoms with E-state index in [1.807, 2.05) is 25.1 Å². The standard InChI is InChI=1S/C20H15ClF3N3O2S/c1-10-6-7-14-15(8-10)30-17(16(14)21)18(28)27-26-11(2)12-4-3-5-13(9-12)25-19(29)20(22,23)24/h3-9H,1-2H3,(H,25,29)(H,27,28). The van der Waals surface area contributed by atoms with Gasteiger partial charge in [0.25, 0.3) is 5.91 Å². The van der Waals surface area contributed by atoms with Gasteiger partial charge in [0.1, 0.15) is 4.88 Å². The van der Waals surface area contributed by atoms with Crippen LogP contribution < -0.4 is 10.7 Å². The Morgan fingerprint density at radius 2 is 1.87 bits per heavy atom. The first-order valence-electron chi connectivity index (χ1n) is 8.58. The van der Waals surface area contributed by atoms with E-state index in [0.717, 1.165) is 15.6 Å². The summed E-state index contributed by atoms with van der Waals surface area (Å²) >= 11 is 7.55. The average Bonchev–Trinajstić information content (AvgIpc) is 3.01. The molecule has 0 aliphatic heterocycles. The molecule has 0 bridgehead atoms. The first-order chi connectivity index (χ1) is 14.1. The highest BCUT2D eigenvalue weighted by Crippen LogP contribution is 2.35. The zero-order chi connectivity index (χ0) is 22.1. The number of benzene rings is 2. The molecule has 2 N–H and O–H groups in total. The van der Waals surface area contributed by atoms with Crippen molar-refractivity contribution < 1.29 is 22.8 Å². The zero-order valence-corrected chi connectivity index (χ0v) is 17.3. The number of carbonyl (C=O) groups excluding carboxylic acids is 2. The van der Waals surface area contributed by atoms with Crippen LogP contribution >= 0.6 is 22.9 Å². The molecule has 3 rings (SSSR count). The monoisotopic (exact) mass is 453 g/mol. The van der Waals surface area contributed by atoms with Gasteiger partial charge in [-0.25, -0.2) is 5.43 Å². The summed E-state index contributed by atoms with van der Waals surface area (Å²) in [5.74, 6) is -2.57. The minimum absolute atomic E-state index is 0.0429. The van der Waals surface area contributed by atoms with E-state index in [9.17, 15) is 22.8 Å². The van der Waals surface area contributed by atoms with Gasteiger partial charge < -0.3 is 5.32 Å². The summed E-state index contributed by atoms with van der Waals surface area (Å²) < 4.78 is 38.1. The van der Waals surface area contributed by atoms with Crippen LogP contribution in [0, 0.1) is 6.92 Å². The minimum atomic E-state index is -4.99. The van der Waals surface area contributed by atoms with Gasteiger partial charge in [-0.15, -0.1) is 11.3 Å². The average molecular weight is 454 g/mol. The lowest BCUT2D eigenvalue weighted by molar-refractivity contribution is -0.167. The maximum atomic E-state index is 12.5. The number of hydrogen-bond acceptors (Lipinski definition) is 4. The summed E-state index contributed by atoms with van der Waals surface area (Å²) in [4.78, 5) is 23.9. The van der Waals surface area contributed by atoms with Crippen LogP contribution in [-0.4, -0.2) is 23.7 Å². The molecule has 5 nitrogen and oxygen atoms in total. The summed E-state index contributed by atoms with van der Waals surface area (Å²) in [5, 5.41) is 6.87. The van der Waals surface area contributed by atoms with Crippen molar-refractivity contribution in [3.63, 3.8) is 0 Å². The first-order valence-corrected chi connectivity index (χ1v) is 9.77. The van der Waals surface area contributed by atoms with Crippen LogP contribution in [0.15, 0.2) is 47.6 Å². The van der Waals surface area contributed by atoms with Gasteiger partial charge in [0.05, 0.1) is 10.7 Å². The lowest BCUT2D eigenvalue weighted by Gasteiger charge is -2.09. The van der Waals surface area contributed by atoms with Crippen molar-refractivity contribution in [2.45, 2.75) is 20.0 Å². The lowest BCUT2D eigenvalue weighted by Crippen LogP contribution is -2.29. The van der Waals surface area contributed by atoms with Crippen LogP contribution in [0.4, 0.5) is 18.9 Å². The fraction of sp³-hybridized carbons (Fsp3) is 0.150. The zero-order valence-electron chi connectivity index (χ0n) is 15.7. The molecule has 0 unspecified atom stereocenters. The highest BCUT2D eigenvalue weighted by molar-refractivity contribution is 7.21. The molecule has 0 saturated heterocycles. The molecule has 0 aliphatic rings. The Morgan fingerprint density at radius 1 is 1.13 bits per heavy atom. The number of nitrogens with one attached hydrogen (secondary N) is 2. The predicted octanol–water partition coefficient (Wildman–Crippen LogP) is 5.52. The maximum Gasteiger partial charge on any atom is 0.471 e. The molecule has 0 atom stereocenters. The van der Waals surface area contributed by atoms with E-state index >= 15 is 0 Å². The summed E-state index contributed by atoms with van der Waals surface area (Å²) in [5.41, 5.74) is 4.16. The highest BCUT2D eigenvalue weighted by atomic mass is 35.5. The quantitative estimate of drug-likeness (QED) is 0.403. The Balaban J connectivity index is 1.77. The van der Waals surface area contributed by atoms with Gasteiger partial charge in [-0.05, 0) is 43.2 Å². The molecule has 2 aromatic carbocycles. The third-order valence-corrected chi connectivity index (χ3v) is 5.77. The Morgan fingerprint density at radius 3 is 2.57 bits per heavy atom. The Bertz CT molecular complexity index is 1170. The van der Waals surface area contributed by atoms with E-state index in [0.29, 0.717) is 21.2 Å². The van der Waals surface area contributed by atoms with Crippen molar-refractivity contribution in [1.29, 1.82) is 0 Å². The Kier molecular flexibility index (Phi) is 6.14. The number of thiophene rings is 1. The molecule has 1 heterocycles. The molecule has 0 aliphatic carbocycles. The van der Waals surface area contributed by atoms with Crippen LogP contribution in [-0.2, 0) is 4.79 Å². The number of fused-ring (bicyclic) bond motifs is 1. The largest absolute Gasteiger partial charge is 0.471 e. The van der Waals surface area contributed by atoms with Crippen LogP contribution in [0.25, 0.3) is 10.1 Å². The van der Waals surface area contributed by atoms with Gasteiger partial charge in [0, 0.05) is 15.8 Å². The fourth-order valence-electron chi connectivity index (χ4n) is 2.59. The number of hydrogen-bond donors (Lipinski definition) is 2. The molecule has 0 spiro atoms. The number of aryl methyl sites for hydroxylation is 1. The summed E-state index contributed by atoms with van der Waals surface area (Å²) in [6.07, 6.45) is -4.99. The molecule has 2 amide bonds. The molecule has 10 heteroatoms. The highest BCUT2D eigenvalue weighted by Gasteiger charge is 2.38. The van der Waals surface area contributed by atoms with Crippen molar-refractivity contribution in [2.24, 2.45) is 5.10 Å². The smallest absolute Gasteiger partial charge is 0.318 e. The maximum absolute atomic E-state index is 12.5. The third kappa shape index (κ3) is 4.80. The van der Waals surface area contributed by atoms with Gasteiger partial charge in [-0.3, -0.25) is 9.59 Å². The molecule has 30 heavy (non-hydrogen) atoms. The van der Waals surface area contributed by atoms with Crippen molar-refractivity contribution in [1.82, 2.24) is 5.43 Å². The van der Waals surface area contributed by atoms with Gasteiger partial charge in [-0.1, -0.05) is 35.9 Å². The molecular weight excluding hydrogens is 439 g/mol. The van der Waals surface area contributed by atoms with Crippen LogP contribution in [0.1, 0.15) is 27.7 Å². The molecule has 1 aromatic heterocycles. The van der Waals surface area contributed by atoms with Crippen LogP contribution in [0.3, 0.4) is 0 Å². The second-order valence-electron chi connectivity index (χ2n) is 6.42. The minimum Gasteiger partial charge on any atom is -0.318 e. The first kappa shape index (κ1) is 21.8. The van der Waals surface area contributed by atoms with Crippen molar-refractivity contribution in [3.8, 4) is 0 Å². The number of carbonyl (C=O) groups is 2. The van der Waals surface area contributed by atoms with Crippen LogP contribution in [0.2, 0.25) is 5.02 Å². The molecule has 156 valence electrons. The number of halogens is 4. The summed E-state index contributed by atoms with van der Waals surface area (Å²) in [6.45, 7) is 3.51. The number of rotatable bonds is 4. The van der Waals surface area contributed by atoms with E-state index in [2.05, 4.69) is 10.5 Å². The van der Waals surface area contributed by atoms with Crippen LogP contribution in [0.5, 0.6) is 0 Å². The number of alkyl halides is 3. The number of anilines is 1. The lowest BCUT2D eigenvalue weighted by atomic mass is 10.1. The molecular formula is C20H15ClF3N3O2S. The van der Waals surface area contributed by atoms with E-state index in [1.54, 1.807) is 18.3 Å². The number of hydrazone groups is 1. The van der Waals surface area contributed by atoms with E-state index in [1.165, 1.54) is 29.5 Å². The predicted molar refractivity (Wildman–Crippen MR) is 112 cm³/mol. The van der Waals surface area contributed by atoms with E-state index in [4.69, 9.17) is 11.6 Å². The van der Waals surface area contributed by atoms with Gasteiger partial charge in [0.2, 0.25) is 0 Å². The second kappa shape index (κ2) is 8.45. The van der Waals surface area contributed by atoms with Crippen molar-refractivity contribution >= 4 is 56.2 Å². The molecule has 3 aromatic rings. The van der Waals surface area contributed by atoms with Gasteiger partial charge >= 0.3 is 12.1 Å². The summed E-state index contributed by atoms with van der Waals surface area (Å²) in [7, 11) is 0. The normalized spacial score (nSPS) is 12.1. The number of amides is 2. The van der Waals surface area contributed by atoms with E-state index in [-0.39, 0.29) is 5.69 Å². The fourth-order valence-corrected chi connectivity index (χ4v) is 4.10. The van der Waals surface area contributed by atoms with Crippen molar-refractivity contribution in [3.05, 3.63) is 63.5 Å². The SMILES string of the molecule is CC(=NNC(=O)c1sc2cc(C)ccc2c1Cl)c1cccc(NC(=O)C(F)(F)F)c1. The topological polar surface area (TPSA) is 70.6 Å². The van der Waals surface area contributed by atoms with Gasteiger partial charge in [-0.2, -0.15) is 18.3 Å². The van der Waals surface area contributed by atoms with Gasteiger partial charge in [0.15, 0.2) is 0 Å².